The highest BCUT2D eigenvalue weighted by Gasteiger charge is 2.11. The van der Waals surface area contributed by atoms with Crippen molar-refractivity contribution in [3.05, 3.63) is 29.8 Å². The molecule has 14 heavy (non-hydrogen) atoms. The van der Waals surface area contributed by atoms with Gasteiger partial charge in [0.15, 0.2) is 5.82 Å². The summed E-state index contributed by atoms with van der Waals surface area (Å²) in [6.45, 7) is 1.97. The topological polar surface area (TPSA) is 54.7 Å². The van der Waals surface area contributed by atoms with Gasteiger partial charge in [0.05, 0.1) is 11.6 Å². The van der Waals surface area contributed by atoms with Crippen LogP contribution in [0.1, 0.15) is 25.2 Å². The lowest BCUT2D eigenvalue weighted by atomic mass is 10.2. The number of fused-ring (bicyclic) bond motifs is 1. The average Bonchev–Trinajstić information content (AvgIpc) is 2.62. The van der Waals surface area contributed by atoms with E-state index in [1.165, 1.54) is 6.07 Å². The first-order valence-corrected chi connectivity index (χ1v) is 4.62. The summed E-state index contributed by atoms with van der Waals surface area (Å²) < 4.78 is 13.2. The molecule has 2 aromatic rings. The first-order valence-electron chi connectivity index (χ1n) is 4.62. The maximum atomic E-state index is 13.2. The van der Waals surface area contributed by atoms with Crippen LogP contribution in [0.5, 0.6) is 0 Å². The molecular formula is C10H12FN3. The van der Waals surface area contributed by atoms with Crippen molar-refractivity contribution >= 4 is 11.0 Å². The van der Waals surface area contributed by atoms with Crippen molar-refractivity contribution in [2.45, 2.75) is 19.4 Å². The van der Waals surface area contributed by atoms with Crippen molar-refractivity contribution in [3.63, 3.8) is 0 Å². The van der Waals surface area contributed by atoms with Crippen LogP contribution in [0.4, 0.5) is 4.39 Å². The van der Waals surface area contributed by atoms with Gasteiger partial charge >= 0.3 is 0 Å². The van der Waals surface area contributed by atoms with Gasteiger partial charge in [-0.25, -0.2) is 9.37 Å². The molecule has 74 valence electrons. The number of rotatable bonds is 2. The van der Waals surface area contributed by atoms with Crippen molar-refractivity contribution in [1.82, 2.24) is 9.97 Å². The summed E-state index contributed by atoms with van der Waals surface area (Å²) in [5, 5.41) is 0. The minimum absolute atomic E-state index is 0.151. The molecular weight excluding hydrogens is 181 g/mol. The number of nitrogens with zero attached hydrogens (tertiary/aromatic N) is 1. The maximum Gasteiger partial charge on any atom is 0.151 e. The van der Waals surface area contributed by atoms with E-state index in [0.717, 1.165) is 6.42 Å². The Morgan fingerprint density at radius 3 is 3.00 bits per heavy atom. The fourth-order valence-corrected chi connectivity index (χ4v) is 1.39. The van der Waals surface area contributed by atoms with E-state index in [9.17, 15) is 4.39 Å². The highest BCUT2D eigenvalue weighted by Crippen LogP contribution is 2.18. The Morgan fingerprint density at radius 2 is 2.36 bits per heavy atom. The van der Waals surface area contributed by atoms with Gasteiger partial charge in [0.2, 0.25) is 0 Å². The van der Waals surface area contributed by atoms with E-state index >= 15 is 0 Å². The molecule has 1 aromatic heterocycles. The largest absolute Gasteiger partial charge is 0.341 e. The third-order valence-electron chi connectivity index (χ3n) is 2.27. The van der Waals surface area contributed by atoms with Crippen molar-refractivity contribution in [1.29, 1.82) is 0 Å². The lowest BCUT2D eigenvalue weighted by Crippen LogP contribution is -2.10. The first kappa shape index (κ1) is 9.15. The molecule has 0 saturated carbocycles. The van der Waals surface area contributed by atoms with E-state index in [-0.39, 0.29) is 11.9 Å². The monoisotopic (exact) mass is 193 g/mol. The molecule has 1 heterocycles. The summed E-state index contributed by atoms with van der Waals surface area (Å²) in [4.78, 5) is 7.14. The van der Waals surface area contributed by atoms with Crippen LogP contribution in [0.15, 0.2) is 18.2 Å². The third kappa shape index (κ3) is 1.37. The second-order valence-corrected chi connectivity index (χ2v) is 3.27. The van der Waals surface area contributed by atoms with E-state index in [4.69, 9.17) is 5.73 Å². The minimum Gasteiger partial charge on any atom is -0.341 e. The quantitative estimate of drug-likeness (QED) is 0.767. The van der Waals surface area contributed by atoms with Gasteiger partial charge in [-0.1, -0.05) is 13.0 Å². The number of hydrogen-bond acceptors (Lipinski definition) is 2. The van der Waals surface area contributed by atoms with Crippen LogP contribution in [0.25, 0.3) is 11.0 Å². The van der Waals surface area contributed by atoms with E-state index < -0.39 is 0 Å². The fourth-order valence-electron chi connectivity index (χ4n) is 1.39. The molecule has 2 rings (SSSR count). The normalized spacial score (nSPS) is 13.4. The summed E-state index contributed by atoms with van der Waals surface area (Å²) in [6.07, 6.45) is 0.779. The van der Waals surface area contributed by atoms with E-state index in [0.29, 0.717) is 16.9 Å². The van der Waals surface area contributed by atoms with Gasteiger partial charge in [-0.3, -0.25) is 0 Å². The summed E-state index contributed by atoms with van der Waals surface area (Å²) in [5.74, 6) is 0.334. The molecule has 0 spiro atoms. The zero-order chi connectivity index (χ0) is 10.1. The number of nitrogens with two attached hydrogens (primary N) is 1. The van der Waals surface area contributed by atoms with Crippen LogP contribution >= 0.6 is 0 Å². The summed E-state index contributed by atoms with van der Waals surface area (Å²) in [6, 6.07) is 4.68. The predicted molar refractivity (Wildman–Crippen MR) is 53.3 cm³/mol. The van der Waals surface area contributed by atoms with Crippen LogP contribution < -0.4 is 5.73 Å². The van der Waals surface area contributed by atoms with Gasteiger partial charge in [-0.15, -0.1) is 0 Å². The smallest absolute Gasteiger partial charge is 0.151 e. The number of benzene rings is 1. The van der Waals surface area contributed by atoms with Crippen LogP contribution in [0.2, 0.25) is 0 Å². The fraction of sp³-hybridized carbons (Fsp3) is 0.300. The zero-order valence-electron chi connectivity index (χ0n) is 7.92. The Hall–Kier alpha value is -1.42. The Morgan fingerprint density at radius 1 is 1.57 bits per heavy atom. The Balaban J connectivity index is 2.56. The van der Waals surface area contributed by atoms with Gasteiger partial charge in [-0.2, -0.15) is 0 Å². The molecule has 1 unspecified atom stereocenters. The van der Waals surface area contributed by atoms with Crippen LogP contribution in [-0.4, -0.2) is 9.97 Å². The second kappa shape index (κ2) is 3.38. The molecule has 0 bridgehead atoms. The van der Waals surface area contributed by atoms with Crippen LogP contribution in [0, 0.1) is 5.82 Å². The number of hydrogen-bond donors (Lipinski definition) is 2. The van der Waals surface area contributed by atoms with Gasteiger partial charge in [0.1, 0.15) is 11.3 Å². The summed E-state index contributed by atoms with van der Waals surface area (Å²) in [7, 11) is 0. The number of imidazole rings is 1. The SMILES string of the molecule is CCC(N)c1nc2c(F)cccc2[nH]1. The minimum atomic E-state index is -0.312. The summed E-state index contributed by atoms with van der Waals surface area (Å²) >= 11 is 0. The maximum absolute atomic E-state index is 13.2. The average molecular weight is 193 g/mol. The van der Waals surface area contributed by atoms with Gasteiger partial charge in [-0.05, 0) is 18.6 Å². The van der Waals surface area contributed by atoms with Crippen molar-refractivity contribution in [2.24, 2.45) is 5.73 Å². The molecule has 1 aromatic carbocycles. The number of aromatic nitrogens is 2. The first-order chi connectivity index (χ1) is 6.72. The molecule has 1 atom stereocenters. The van der Waals surface area contributed by atoms with E-state index in [2.05, 4.69) is 9.97 Å². The number of halogens is 1. The Bertz CT molecular complexity index is 450. The zero-order valence-corrected chi connectivity index (χ0v) is 7.92. The van der Waals surface area contributed by atoms with Crippen LogP contribution in [0.3, 0.4) is 0 Å². The molecule has 0 amide bonds. The molecule has 0 aliphatic rings. The molecule has 4 heteroatoms. The van der Waals surface area contributed by atoms with Gasteiger partial charge in [0, 0.05) is 0 Å². The molecule has 3 N–H and O–H groups in total. The number of para-hydroxylation sites is 1. The number of nitrogens with one attached hydrogen (secondary N) is 1. The lowest BCUT2D eigenvalue weighted by molar-refractivity contribution is 0.633. The lowest BCUT2D eigenvalue weighted by Gasteiger charge is -2.02. The molecule has 0 aliphatic carbocycles. The van der Waals surface area contributed by atoms with E-state index in [1.807, 2.05) is 6.92 Å². The molecule has 0 fully saturated rings. The molecule has 0 aliphatic heterocycles. The molecule has 0 saturated heterocycles. The molecule has 0 radical (unpaired) electrons. The standard InChI is InChI=1S/C10H12FN3/c1-2-7(12)10-13-8-5-3-4-6(11)9(8)14-10/h3-5,7H,2,12H2,1H3,(H,13,14). The number of aromatic amines is 1. The van der Waals surface area contributed by atoms with Crippen molar-refractivity contribution in [2.75, 3.05) is 0 Å². The van der Waals surface area contributed by atoms with Crippen LogP contribution in [-0.2, 0) is 0 Å². The van der Waals surface area contributed by atoms with Gasteiger partial charge in [0.25, 0.3) is 0 Å². The van der Waals surface area contributed by atoms with Crippen molar-refractivity contribution in [3.8, 4) is 0 Å². The highest BCUT2D eigenvalue weighted by molar-refractivity contribution is 5.75. The Labute approximate surface area is 81.1 Å². The Kier molecular flexibility index (Phi) is 2.21. The number of H-pyrrole nitrogens is 1. The highest BCUT2D eigenvalue weighted by atomic mass is 19.1. The van der Waals surface area contributed by atoms with Gasteiger partial charge < -0.3 is 10.7 Å². The molecule has 3 nitrogen and oxygen atoms in total. The summed E-state index contributed by atoms with van der Waals surface area (Å²) in [5.41, 5.74) is 6.86. The third-order valence-corrected chi connectivity index (χ3v) is 2.27. The predicted octanol–water partition coefficient (Wildman–Crippen LogP) is 2.11. The second-order valence-electron chi connectivity index (χ2n) is 3.27. The van der Waals surface area contributed by atoms with Crippen molar-refractivity contribution < 1.29 is 4.39 Å². The van der Waals surface area contributed by atoms with E-state index in [1.54, 1.807) is 12.1 Å².